The zero-order valence-electron chi connectivity index (χ0n) is 12.8. The molecule has 20 heavy (non-hydrogen) atoms. The second-order valence-electron chi connectivity index (χ2n) is 5.60. The molecule has 122 valence electrons. The van der Waals surface area contributed by atoms with Gasteiger partial charge < -0.3 is 0 Å². The summed E-state index contributed by atoms with van der Waals surface area (Å²) in [5.41, 5.74) is -2.11. The van der Waals surface area contributed by atoms with E-state index in [0.717, 1.165) is 19.3 Å². The summed E-state index contributed by atoms with van der Waals surface area (Å²) < 4.78 is 42.2. The number of alkyl halides is 1. The van der Waals surface area contributed by atoms with Crippen LogP contribution in [0, 0.1) is 0 Å². The van der Waals surface area contributed by atoms with Crippen LogP contribution in [0.2, 0.25) is 0 Å². The lowest BCUT2D eigenvalue weighted by atomic mass is 10.0. The van der Waals surface area contributed by atoms with Crippen LogP contribution < -0.4 is 0 Å². The summed E-state index contributed by atoms with van der Waals surface area (Å²) in [5.74, 6) is 0. The van der Waals surface area contributed by atoms with E-state index in [-0.39, 0.29) is 6.42 Å². The maximum Gasteiger partial charge on any atom is 0.297 e. The van der Waals surface area contributed by atoms with Crippen LogP contribution in [-0.4, -0.2) is 18.5 Å². The molecule has 0 amide bonds. The third-order valence-electron chi connectivity index (χ3n) is 3.61. The van der Waals surface area contributed by atoms with Crippen molar-refractivity contribution in [3.8, 4) is 0 Å². The Balaban J connectivity index is 3.18. The van der Waals surface area contributed by atoms with Gasteiger partial charge in [0.2, 0.25) is 5.50 Å². The fourth-order valence-electron chi connectivity index (χ4n) is 2.29. The Morgan fingerprint density at radius 2 is 1.15 bits per heavy atom. The maximum atomic E-state index is 12.9. The van der Waals surface area contributed by atoms with Crippen molar-refractivity contribution in [3.63, 3.8) is 0 Å². The average Bonchev–Trinajstić information content (AvgIpc) is 2.38. The van der Waals surface area contributed by atoms with E-state index in [1.165, 1.54) is 51.4 Å². The largest absolute Gasteiger partial charge is 0.297 e. The summed E-state index contributed by atoms with van der Waals surface area (Å²) in [6.45, 7) is 2.22. The van der Waals surface area contributed by atoms with Gasteiger partial charge in [-0.3, -0.25) is 4.55 Å². The van der Waals surface area contributed by atoms with Gasteiger partial charge in [-0.05, 0) is 12.8 Å². The molecular weight excluding hydrogens is 279 g/mol. The van der Waals surface area contributed by atoms with Gasteiger partial charge in [0.05, 0.1) is 0 Å². The van der Waals surface area contributed by atoms with Crippen LogP contribution in [0.15, 0.2) is 0 Å². The summed E-state index contributed by atoms with van der Waals surface area (Å²) in [5, 5.41) is 0. The molecule has 1 atom stereocenters. The van der Waals surface area contributed by atoms with E-state index in [2.05, 4.69) is 6.92 Å². The van der Waals surface area contributed by atoms with Crippen molar-refractivity contribution in [1.82, 2.24) is 0 Å². The zero-order valence-corrected chi connectivity index (χ0v) is 13.6. The van der Waals surface area contributed by atoms with Crippen LogP contribution in [0.1, 0.15) is 90.4 Å². The molecule has 0 aromatic rings. The summed E-state index contributed by atoms with van der Waals surface area (Å²) in [6, 6.07) is 0. The topological polar surface area (TPSA) is 54.4 Å². The lowest BCUT2D eigenvalue weighted by Crippen LogP contribution is -2.14. The summed E-state index contributed by atoms with van der Waals surface area (Å²) in [7, 11) is -4.48. The van der Waals surface area contributed by atoms with Crippen molar-refractivity contribution in [2.45, 2.75) is 95.9 Å². The van der Waals surface area contributed by atoms with Crippen molar-refractivity contribution >= 4 is 10.1 Å². The first-order chi connectivity index (χ1) is 9.48. The van der Waals surface area contributed by atoms with Crippen LogP contribution in [0.25, 0.3) is 0 Å². The van der Waals surface area contributed by atoms with Crippen LogP contribution in [0.4, 0.5) is 4.39 Å². The van der Waals surface area contributed by atoms with Gasteiger partial charge in [0.15, 0.2) is 0 Å². The molecule has 0 aliphatic carbocycles. The molecule has 0 radical (unpaired) electrons. The predicted molar refractivity (Wildman–Crippen MR) is 82.1 cm³/mol. The van der Waals surface area contributed by atoms with Gasteiger partial charge >= 0.3 is 0 Å². The first kappa shape index (κ1) is 19.8. The van der Waals surface area contributed by atoms with Crippen molar-refractivity contribution in [2.24, 2.45) is 0 Å². The van der Waals surface area contributed by atoms with Crippen molar-refractivity contribution < 1.29 is 17.4 Å². The number of rotatable bonds is 14. The van der Waals surface area contributed by atoms with Gasteiger partial charge in [-0.1, -0.05) is 77.6 Å². The Hall–Kier alpha value is -0.160. The van der Waals surface area contributed by atoms with E-state index in [1.807, 2.05) is 0 Å². The highest BCUT2D eigenvalue weighted by Gasteiger charge is 2.20. The van der Waals surface area contributed by atoms with E-state index in [9.17, 15) is 12.8 Å². The zero-order chi connectivity index (χ0) is 15.3. The minimum Gasteiger partial charge on any atom is -0.283 e. The fourth-order valence-corrected chi connectivity index (χ4v) is 2.76. The van der Waals surface area contributed by atoms with Gasteiger partial charge in [0.25, 0.3) is 10.1 Å². The molecule has 0 aliphatic heterocycles. The van der Waals surface area contributed by atoms with Gasteiger partial charge in [-0.25, -0.2) is 4.39 Å². The Bertz CT molecular complexity index is 304. The van der Waals surface area contributed by atoms with Gasteiger partial charge in [-0.2, -0.15) is 8.42 Å². The minimum absolute atomic E-state index is 0.0870. The van der Waals surface area contributed by atoms with E-state index in [0.29, 0.717) is 6.42 Å². The predicted octanol–water partition coefficient (Wildman–Crippen LogP) is 5.26. The van der Waals surface area contributed by atoms with Crippen molar-refractivity contribution in [3.05, 3.63) is 0 Å². The highest BCUT2D eigenvalue weighted by Crippen LogP contribution is 2.15. The molecule has 0 fully saturated rings. The molecule has 3 nitrogen and oxygen atoms in total. The second kappa shape index (κ2) is 12.6. The first-order valence-corrected chi connectivity index (χ1v) is 9.59. The van der Waals surface area contributed by atoms with E-state index < -0.39 is 15.6 Å². The standard InChI is InChI=1S/C15H31FO3S/c1-2-3-4-5-6-7-8-9-10-11-12-13-14-15(16)20(17,18)19/h15H,2-14H2,1H3,(H,17,18,19). The molecule has 5 heteroatoms. The Labute approximate surface area is 124 Å². The molecule has 0 heterocycles. The molecule has 0 aromatic heterocycles. The van der Waals surface area contributed by atoms with Gasteiger partial charge in [-0.15, -0.1) is 0 Å². The number of hydrogen-bond acceptors (Lipinski definition) is 2. The first-order valence-electron chi connectivity index (χ1n) is 8.09. The normalized spacial score (nSPS) is 13.6. The van der Waals surface area contributed by atoms with Crippen molar-refractivity contribution in [1.29, 1.82) is 0 Å². The summed E-state index contributed by atoms with van der Waals surface area (Å²) in [4.78, 5) is 0. The smallest absolute Gasteiger partial charge is 0.283 e. The third kappa shape index (κ3) is 12.9. The quantitative estimate of drug-likeness (QED) is 0.351. The van der Waals surface area contributed by atoms with Gasteiger partial charge in [0.1, 0.15) is 0 Å². The van der Waals surface area contributed by atoms with Crippen LogP contribution in [0.3, 0.4) is 0 Å². The number of unbranched alkanes of at least 4 members (excludes halogenated alkanes) is 11. The highest BCUT2D eigenvalue weighted by atomic mass is 32.2. The lowest BCUT2D eigenvalue weighted by Gasteiger charge is -2.05. The fraction of sp³-hybridized carbons (Fsp3) is 1.00. The molecule has 1 unspecified atom stereocenters. The molecule has 1 N–H and O–H groups in total. The summed E-state index contributed by atoms with van der Waals surface area (Å²) >= 11 is 0. The van der Waals surface area contributed by atoms with Crippen LogP contribution >= 0.6 is 0 Å². The Morgan fingerprint density at radius 3 is 1.50 bits per heavy atom. The van der Waals surface area contributed by atoms with Crippen LogP contribution in [-0.2, 0) is 10.1 Å². The van der Waals surface area contributed by atoms with E-state index in [1.54, 1.807) is 0 Å². The van der Waals surface area contributed by atoms with Gasteiger partial charge in [0, 0.05) is 0 Å². The van der Waals surface area contributed by atoms with E-state index in [4.69, 9.17) is 4.55 Å². The molecule has 0 saturated heterocycles. The lowest BCUT2D eigenvalue weighted by molar-refractivity contribution is 0.349. The Morgan fingerprint density at radius 1 is 0.800 bits per heavy atom. The highest BCUT2D eigenvalue weighted by molar-refractivity contribution is 7.86. The molecule has 0 rings (SSSR count). The van der Waals surface area contributed by atoms with E-state index >= 15 is 0 Å². The molecule has 0 saturated carbocycles. The second-order valence-corrected chi connectivity index (χ2v) is 7.14. The SMILES string of the molecule is CCCCCCCCCCCCCCC(F)S(=O)(=O)O. The maximum absolute atomic E-state index is 12.9. The van der Waals surface area contributed by atoms with Crippen molar-refractivity contribution in [2.75, 3.05) is 0 Å². The third-order valence-corrected chi connectivity index (χ3v) is 4.49. The molecule has 0 aromatic carbocycles. The monoisotopic (exact) mass is 310 g/mol. The molecular formula is C15H31FO3S. The minimum atomic E-state index is -4.48. The summed E-state index contributed by atoms with van der Waals surface area (Å²) in [6.07, 6.45) is 13.9. The van der Waals surface area contributed by atoms with Crippen LogP contribution in [0.5, 0.6) is 0 Å². The molecule has 0 spiro atoms. The number of hydrogen-bond donors (Lipinski definition) is 1. The molecule has 0 aliphatic rings. The number of halogens is 1. The molecule has 0 bridgehead atoms. The average molecular weight is 310 g/mol. The Kier molecular flexibility index (Phi) is 12.5.